The average molecular weight is 382 g/mol. The van der Waals surface area contributed by atoms with Crippen LogP contribution in [0.1, 0.15) is 32.1 Å². The smallest absolute Gasteiger partial charge is 0.321 e. The summed E-state index contributed by atoms with van der Waals surface area (Å²) >= 11 is 0. The van der Waals surface area contributed by atoms with Crippen molar-refractivity contribution in [3.63, 3.8) is 0 Å². The Balaban J connectivity index is 1.28. The fourth-order valence-corrected chi connectivity index (χ4v) is 8.46. The van der Waals surface area contributed by atoms with Gasteiger partial charge in [-0.2, -0.15) is 0 Å². The van der Waals surface area contributed by atoms with E-state index in [1.807, 2.05) is 6.08 Å². The molecule has 0 amide bonds. The SMILES string of the molecule is O=C1OC(=O)[C@@H]2C3CC(C12)C1(CC[C@@]2(C[C@@H]4C=C2[C@H]2C(=O)OC(=O)[C@H]24)C1=O)C3. The Morgan fingerprint density at radius 3 is 2.36 bits per heavy atom. The molecule has 0 aromatic carbocycles. The van der Waals surface area contributed by atoms with E-state index in [4.69, 9.17) is 9.47 Å². The highest BCUT2D eigenvalue weighted by Gasteiger charge is 2.76. The van der Waals surface area contributed by atoms with Crippen LogP contribution in [-0.2, 0) is 33.4 Å². The van der Waals surface area contributed by atoms with Crippen LogP contribution >= 0.6 is 0 Å². The van der Waals surface area contributed by atoms with Gasteiger partial charge in [-0.05, 0) is 55.4 Å². The lowest BCUT2D eigenvalue weighted by Gasteiger charge is -2.40. The zero-order valence-electron chi connectivity index (χ0n) is 15.0. The lowest BCUT2D eigenvalue weighted by atomic mass is 9.59. The van der Waals surface area contributed by atoms with Crippen LogP contribution in [0.15, 0.2) is 11.6 Å². The van der Waals surface area contributed by atoms with Crippen LogP contribution < -0.4 is 0 Å². The number of allylic oxidation sites excluding steroid dienone is 1. The van der Waals surface area contributed by atoms with Crippen molar-refractivity contribution < 1.29 is 33.4 Å². The summed E-state index contributed by atoms with van der Waals surface area (Å²) in [5.41, 5.74) is -0.491. The normalized spacial score (nSPS) is 54.8. The third-order valence-corrected chi connectivity index (χ3v) is 9.26. The Hall–Kier alpha value is -2.31. The average Bonchev–Trinajstić information content (AvgIpc) is 3.46. The first-order valence-corrected chi connectivity index (χ1v) is 10.2. The monoisotopic (exact) mass is 382 g/mol. The number of ketones is 1. The van der Waals surface area contributed by atoms with E-state index in [2.05, 4.69) is 0 Å². The number of rotatable bonds is 0. The first kappa shape index (κ1) is 15.6. The summed E-state index contributed by atoms with van der Waals surface area (Å²) in [6, 6.07) is 0. The molecule has 4 bridgehead atoms. The number of carbonyl (C=O) groups is 5. The fourth-order valence-electron chi connectivity index (χ4n) is 8.46. The minimum Gasteiger partial charge on any atom is -0.393 e. The van der Waals surface area contributed by atoms with Crippen LogP contribution in [0.5, 0.6) is 0 Å². The summed E-state index contributed by atoms with van der Waals surface area (Å²) in [5.74, 6) is -3.86. The summed E-state index contributed by atoms with van der Waals surface area (Å²) in [4.78, 5) is 62.7. The number of ether oxygens (including phenoxy) is 2. The highest BCUT2D eigenvalue weighted by Crippen LogP contribution is 2.74. The summed E-state index contributed by atoms with van der Waals surface area (Å²) in [5, 5.41) is 0. The molecule has 3 saturated carbocycles. The Kier molecular flexibility index (Phi) is 2.40. The molecule has 7 aliphatic rings. The van der Waals surface area contributed by atoms with E-state index in [0.717, 1.165) is 12.0 Å². The number of esters is 4. The minimum atomic E-state index is -0.692. The van der Waals surface area contributed by atoms with E-state index in [0.29, 0.717) is 25.7 Å². The third kappa shape index (κ3) is 1.36. The second-order valence-electron chi connectivity index (χ2n) is 9.90. The molecule has 0 N–H and O–H groups in total. The molecule has 0 aromatic rings. The van der Waals surface area contributed by atoms with Crippen molar-refractivity contribution in [1.29, 1.82) is 0 Å². The predicted molar refractivity (Wildman–Crippen MR) is 87.7 cm³/mol. The highest BCUT2D eigenvalue weighted by molar-refractivity contribution is 6.05. The van der Waals surface area contributed by atoms with E-state index in [-0.39, 0.29) is 29.5 Å². The van der Waals surface area contributed by atoms with Crippen LogP contribution in [0, 0.1) is 52.3 Å². The number of cyclic esters (lactones) is 4. The van der Waals surface area contributed by atoms with Crippen LogP contribution in [0.4, 0.5) is 0 Å². The van der Waals surface area contributed by atoms with Crippen molar-refractivity contribution in [1.82, 2.24) is 0 Å². The third-order valence-electron chi connectivity index (χ3n) is 9.26. The van der Waals surface area contributed by atoms with Crippen LogP contribution in [0.3, 0.4) is 0 Å². The van der Waals surface area contributed by atoms with Gasteiger partial charge in [-0.1, -0.05) is 6.08 Å². The molecule has 5 fully saturated rings. The maximum atomic E-state index is 14.0. The molecule has 2 aliphatic heterocycles. The quantitative estimate of drug-likeness (QED) is 0.349. The van der Waals surface area contributed by atoms with Crippen molar-refractivity contribution in [2.24, 2.45) is 52.3 Å². The van der Waals surface area contributed by atoms with Crippen LogP contribution in [0.25, 0.3) is 0 Å². The first-order valence-electron chi connectivity index (χ1n) is 10.2. The molecule has 7 nitrogen and oxygen atoms in total. The molecule has 7 heteroatoms. The Labute approximate surface area is 159 Å². The van der Waals surface area contributed by atoms with Gasteiger partial charge in [0.05, 0.1) is 29.1 Å². The van der Waals surface area contributed by atoms with E-state index in [1.165, 1.54) is 0 Å². The Morgan fingerprint density at radius 2 is 1.54 bits per heavy atom. The van der Waals surface area contributed by atoms with Crippen LogP contribution in [-0.4, -0.2) is 29.7 Å². The van der Waals surface area contributed by atoms with Gasteiger partial charge >= 0.3 is 23.9 Å². The molecule has 5 aliphatic carbocycles. The number of carbonyl (C=O) groups excluding carboxylic acids is 5. The summed E-state index contributed by atoms with van der Waals surface area (Å²) in [7, 11) is 0. The Bertz CT molecular complexity index is 977. The van der Waals surface area contributed by atoms with Gasteiger partial charge in [-0.25, -0.2) is 0 Å². The number of hydrogen-bond donors (Lipinski definition) is 0. The molecule has 7 rings (SSSR count). The van der Waals surface area contributed by atoms with Gasteiger partial charge in [0.1, 0.15) is 5.78 Å². The number of fused-ring (bicyclic) bond motifs is 11. The Morgan fingerprint density at radius 1 is 0.821 bits per heavy atom. The minimum absolute atomic E-state index is 0.0337. The van der Waals surface area contributed by atoms with Crippen molar-refractivity contribution in [2.45, 2.75) is 32.1 Å². The fraction of sp³-hybridized carbons (Fsp3) is 0.667. The molecule has 144 valence electrons. The van der Waals surface area contributed by atoms with E-state index in [9.17, 15) is 24.0 Å². The summed E-state index contributed by atoms with van der Waals surface area (Å²) in [6.45, 7) is 0. The van der Waals surface area contributed by atoms with Gasteiger partial charge in [0.15, 0.2) is 0 Å². The lowest BCUT2D eigenvalue weighted by molar-refractivity contribution is -0.156. The lowest BCUT2D eigenvalue weighted by Crippen LogP contribution is -2.47. The first-order chi connectivity index (χ1) is 13.4. The molecule has 2 spiro atoms. The van der Waals surface area contributed by atoms with Gasteiger partial charge in [-0.3, -0.25) is 24.0 Å². The number of hydrogen-bond acceptors (Lipinski definition) is 7. The second-order valence-corrected chi connectivity index (χ2v) is 9.90. The summed E-state index contributed by atoms with van der Waals surface area (Å²) < 4.78 is 9.76. The van der Waals surface area contributed by atoms with Gasteiger partial charge < -0.3 is 9.47 Å². The van der Waals surface area contributed by atoms with E-state index >= 15 is 0 Å². The second kappa shape index (κ2) is 4.31. The van der Waals surface area contributed by atoms with Crippen molar-refractivity contribution in [2.75, 3.05) is 0 Å². The van der Waals surface area contributed by atoms with E-state index < -0.39 is 52.5 Å². The van der Waals surface area contributed by atoms with Crippen molar-refractivity contribution >= 4 is 29.7 Å². The van der Waals surface area contributed by atoms with Crippen molar-refractivity contribution in [3.05, 3.63) is 11.6 Å². The van der Waals surface area contributed by atoms with Crippen molar-refractivity contribution in [3.8, 4) is 0 Å². The molecule has 0 radical (unpaired) electrons. The zero-order valence-corrected chi connectivity index (χ0v) is 15.0. The number of Topliss-reactive ketones (excluding diaryl/α,β-unsaturated/α-hetero) is 1. The van der Waals surface area contributed by atoms with Crippen LogP contribution in [0.2, 0.25) is 0 Å². The van der Waals surface area contributed by atoms with E-state index in [1.54, 1.807) is 0 Å². The maximum absolute atomic E-state index is 14.0. The molecular weight excluding hydrogens is 364 g/mol. The molecule has 4 unspecified atom stereocenters. The molecule has 0 aromatic heterocycles. The highest BCUT2D eigenvalue weighted by atomic mass is 16.6. The molecular formula is C21H18O7. The maximum Gasteiger partial charge on any atom is 0.321 e. The molecule has 28 heavy (non-hydrogen) atoms. The molecule has 9 atom stereocenters. The van der Waals surface area contributed by atoms with Gasteiger partial charge in [0.25, 0.3) is 0 Å². The van der Waals surface area contributed by atoms with Gasteiger partial charge in [0, 0.05) is 5.41 Å². The molecule has 2 heterocycles. The van der Waals surface area contributed by atoms with Gasteiger partial charge in [-0.15, -0.1) is 0 Å². The van der Waals surface area contributed by atoms with Gasteiger partial charge in [0.2, 0.25) is 0 Å². The predicted octanol–water partition coefficient (Wildman–Crippen LogP) is 0.953. The topological polar surface area (TPSA) is 104 Å². The zero-order chi connectivity index (χ0) is 19.2. The standard InChI is InChI=1S/C21H18O7/c22-15-11-7-3-9(13(11)17(24)27-15)20(5-7)1-2-21(19(20)26)6-8-4-10(21)14-12(8)16(23)28-18(14)25/h3,7-8,10-14H,1-2,4-6H2/t7-,8?,10?,11-,12+,13+,14?,20-,21?/m0/s1. The largest absolute Gasteiger partial charge is 0.393 e. The molecule has 2 saturated heterocycles. The summed E-state index contributed by atoms with van der Waals surface area (Å²) in [6.07, 6.45) is 5.25.